The van der Waals surface area contributed by atoms with E-state index < -0.39 is 17.7 Å². The Morgan fingerprint density at radius 3 is 2.64 bits per heavy atom. The van der Waals surface area contributed by atoms with Gasteiger partial charge in [-0.15, -0.1) is 0 Å². The molecule has 0 radical (unpaired) electrons. The van der Waals surface area contributed by atoms with Crippen molar-refractivity contribution in [2.45, 2.75) is 12.8 Å². The topological polar surface area (TPSA) is 61.6 Å². The van der Waals surface area contributed by atoms with Crippen LogP contribution in [0.2, 0.25) is 0 Å². The van der Waals surface area contributed by atoms with Crippen LogP contribution in [0.5, 0.6) is 5.75 Å². The number of aromatic hydroxyl groups is 1. The zero-order chi connectivity index (χ0) is 15.1. The number of rotatable bonds is 2. The molecular weight excluding hydrogens is 309 g/mol. The van der Waals surface area contributed by atoms with Crippen molar-refractivity contribution >= 4 is 22.4 Å². The van der Waals surface area contributed by atoms with Crippen molar-refractivity contribution in [3.8, 4) is 5.75 Å². The largest absolute Gasteiger partial charge is 1.00 e. The molecule has 0 bridgehead atoms. The van der Waals surface area contributed by atoms with E-state index in [0.29, 0.717) is 22.0 Å². The molecule has 0 saturated heterocycles. The predicted molar refractivity (Wildman–Crippen MR) is 74.8 cm³/mol. The second-order valence-corrected chi connectivity index (χ2v) is 4.94. The molecule has 0 fully saturated rings. The molecule has 0 amide bonds. The average molecular weight is 322 g/mol. The van der Waals surface area contributed by atoms with Crippen LogP contribution in [-0.4, -0.2) is 16.2 Å². The van der Waals surface area contributed by atoms with Gasteiger partial charge >= 0.3 is 5.97 Å². The summed E-state index contributed by atoms with van der Waals surface area (Å²) < 4.78 is 15.2. The van der Waals surface area contributed by atoms with Gasteiger partial charge in [-0.05, 0) is 25.1 Å². The van der Waals surface area contributed by atoms with Gasteiger partial charge in [0.1, 0.15) is 11.6 Å². The number of carboxylic acid groups (broad SMARTS) is 1. The van der Waals surface area contributed by atoms with Gasteiger partial charge in [0, 0.05) is 18.2 Å². The fourth-order valence-electron chi connectivity index (χ4n) is 2.59. The van der Waals surface area contributed by atoms with E-state index in [0.717, 1.165) is 0 Å². The molecule has 6 heteroatoms. The average Bonchev–Trinajstić information content (AvgIpc) is 2.47. The van der Waals surface area contributed by atoms with Gasteiger partial charge in [-0.2, -0.15) is 4.40 Å². The lowest BCUT2D eigenvalue weighted by Gasteiger charge is -2.11. The van der Waals surface area contributed by atoms with E-state index in [9.17, 15) is 19.4 Å². The number of hydrogen-bond donors (Lipinski definition) is 2. The Labute approximate surface area is 131 Å². The van der Waals surface area contributed by atoms with Gasteiger partial charge in [0.2, 0.25) is 11.0 Å². The predicted octanol–water partition coefficient (Wildman–Crippen LogP) is -0.385. The molecule has 0 aliphatic rings. The number of halogens is 2. The summed E-state index contributed by atoms with van der Waals surface area (Å²) in [6.45, 7) is 1.51. The van der Waals surface area contributed by atoms with E-state index in [4.69, 9.17) is 0 Å². The molecular formula is C16H13ClFNO3. The Kier molecular flexibility index (Phi) is 4.19. The zero-order valence-corrected chi connectivity index (χ0v) is 12.4. The number of benzene rings is 1. The molecule has 3 rings (SSSR count). The smallest absolute Gasteiger partial charge is 0.311 e. The van der Waals surface area contributed by atoms with Crippen LogP contribution in [0.3, 0.4) is 0 Å². The summed E-state index contributed by atoms with van der Waals surface area (Å²) in [5.41, 5.74) is 1.36. The zero-order valence-electron chi connectivity index (χ0n) is 11.6. The molecule has 0 saturated carbocycles. The van der Waals surface area contributed by atoms with Gasteiger partial charge in [-0.3, -0.25) is 4.79 Å². The summed E-state index contributed by atoms with van der Waals surface area (Å²) in [6, 6.07) is 9.24. The highest BCUT2D eigenvalue weighted by molar-refractivity contribution is 5.90. The van der Waals surface area contributed by atoms with Crippen LogP contribution in [0.15, 0.2) is 42.6 Å². The normalized spacial score (nSPS) is 12.1. The van der Waals surface area contributed by atoms with Crippen molar-refractivity contribution in [2.75, 3.05) is 0 Å². The lowest BCUT2D eigenvalue weighted by molar-refractivity contribution is -0.482. The van der Waals surface area contributed by atoms with Crippen LogP contribution in [0.1, 0.15) is 18.4 Å². The van der Waals surface area contributed by atoms with E-state index in [1.54, 1.807) is 28.8 Å². The number of nitrogens with zero attached hydrogens (tertiary/aromatic N) is 1. The van der Waals surface area contributed by atoms with E-state index in [1.807, 2.05) is 0 Å². The second-order valence-electron chi connectivity index (χ2n) is 4.94. The lowest BCUT2D eigenvalue weighted by Crippen LogP contribution is -3.00. The first-order chi connectivity index (χ1) is 10.0. The standard InChI is InChI=1S/C16H12FNO3.ClH/c1-9(16(20)21)14-12-4-2-3-7-18(12)13-8-10(17)5-6-11(13)15(14)19;/h2-9H,1H3,(H,20,21);1H. The van der Waals surface area contributed by atoms with Gasteiger partial charge in [-0.1, -0.05) is 0 Å². The fourth-order valence-corrected chi connectivity index (χ4v) is 2.59. The van der Waals surface area contributed by atoms with Crippen LogP contribution in [-0.2, 0) is 4.79 Å². The van der Waals surface area contributed by atoms with Crippen LogP contribution in [0.25, 0.3) is 16.4 Å². The number of aliphatic carboxylic acids is 1. The monoisotopic (exact) mass is 321 g/mol. The number of fused-ring (bicyclic) bond motifs is 3. The molecule has 1 unspecified atom stereocenters. The molecule has 3 aromatic rings. The van der Waals surface area contributed by atoms with E-state index in [1.165, 1.54) is 25.1 Å². The first-order valence-electron chi connectivity index (χ1n) is 6.48. The highest BCUT2D eigenvalue weighted by Gasteiger charge is 2.28. The van der Waals surface area contributed by atoms with Crippen molar-refractivity contribution in [1.29, 1.82) is 0 Å². The third-order valence-corrected chi connectivity index (χ3v) is 3.67. The molecule has 2 N–H and O–H groups in total. The van der Waals surface area contributed by atoms with Gasteiger partial charge < -0.3 is 22.6 Å². The maximum atomic E-state index is 13.5. The Balaban J connectivity index is 0.00000176. The SMILES string of the molecule is CC(C(=O)O)c1c(O)c2ccc(F)cc2[n+]2ccccc12.[Cl-]. The minimum absolute atomic E-state index is 0. The van der Waals surface area contributed by atoms with E-state index >= 15 is 0 Å². The van der Waals surface area contributed by atoms with Gasteiger partial charge in [0.15, 0.2) is 6.20 Å². The van der Waals surface area contributed by atoms with Crippen LogP contribution >= 0.6 is 0 Å². The van der Waals surface area contributed by atoms with Crippen molar-refractivity contribution in [2.24, 2.45) is 0 Å². The molecule has 0 aliphatic heterocycles. The molecule has 22 heavy (non-hydrogen) atoms. The highest BCUT2D eigenvalue weighted by atomic mass is 35.5. The second kappa shape index (κ2) is 5.77. The highest BCUT2D eigenvalue weighted by Crippen LogP contribution is 2.34. The van der Waals surface area contributed by atoms with Crippen LogP contribution in [0.4, 0.5) is 4.39 Å². The molecule has 0 spiro atoms. The maximum absolute atomic E-state index is 13.5. The molecule has 0 aliphatic carbocycles. The van der Waals surface area contributed by atoms with Gasteiger partial charge in [0.25, 0.3) is 0 Å². The number of hydrogen-bond acceptors (Lipinski definition) is 2. The Morgan fingerprint density at radius 1 is 1.23 bits per heavy atom. The summed E-state index contributed by atoms with van der Waals surface area (Å²) >= 11 is 0. The summed E-state index contributed by atoms with van der Waals surface area (Å²) in [5.74, 6) is -2.45. The molecule has 1 atom stereocenters. The molecule has 2 heterocycles. The molecule has 2 aromatic heterocycles. The minimum Gasteiger partial charge on any atom is -1.00 e. The number of carboxylic acids is 1. The van der Waals surface area contributed by atoms with Crippen molar-refractivity contribution in [3.63, 3.8) is 0 Å². The Hall–Kier alpha value is -2.40. The van der Waals surface area contributed by atoms with E-state index in [2.05, 4.69) is 0 Å². The quantitative estimate of drug-likeness (QED) is 0.499. The van der Waals surface area contributed by atoms with Crippen molar-refractivity contribution < 1.29 is 36.2 Å². The molecule has 1 aromatic carbocycles. The summed E-state index contributed by atoms with van der Waals surface area (Å²) in [4.78, 5) is 11.3. The first kappa shape index (κ1) is 16.0. The lowest BCUT2D eigenvalue weighted by atomic mass is 9.96. The third kappa shape index (κ3) is 2.33. The van der Waals surface area contributed by atoms with Crippen molar-refractivity contribution in [1.82, 2.24) is 0 Å². The van der Waals surface area contributed by atoms with Gasteiger partial charge in [0.05, 0.1) is 16.9 Å². The molecule has 4 nitrogen and oxygen atoms in total. The summed E-state index contributed by atoms with van der Waals surface area (Å²) in [7, 11) is 0. The molecule has 114 valence electrons. The number of pyridine rings is 2. The Morgan fingerprint density at radius 2 is 1.95 bits per heavy atom. The minimum atomic E-state index is -1.03. The third-order valence-electron chi connectivity index (χ3n) is 3.67. The Bertz CT molecular complexity index is 882. The van der Waals surface area contributed by atoms with Crippen LogP contribution in [0, 0.1) is 5.82 Å². The van der Waals surface area contributed by atoms with Gasteiger partial charge in [-0.25, -0.2) is 4.39 Å². The number of aromatic nitrogens is 1. The maximum Gasteiger partial charge on any atom is 0.311 e. The summed E-state index contributed by atoms with van der Waals surface area (Å²) in [5, 5.41) is 20.1. The summed E-state index contributed by atoms with van der Waals surface area (Å²) in [6.07, 6.45) is 1.72. The van der Waals surface area contributed by atoms with E-state index in [-0.39, 0.29) is 18.2 Å². The number of carbonyl (C=O) groups is 1. The van der Waals surface area contributed by atoms with Crippen molar-refractivity contribution in [3.05, 3.63) is 54.0 Å². The first-order valence-corrected chi connectivity index (χ1v) is 6.48. The fraction of sp³-hybridized carbons (Fsp3) is 0.125. The van der Waals surface area contributed by atoms with Crippen LogP contribution < -0.4 is 16.8 Å².